The van der Waals surface area contributed by atoms with Gasteiger partial charge in [-0.3, -0.25) is 10.3 Å². The van der Waals surface area contributed by atoms with Gasteiger partial charge in [0.1, 0.15) is 5.84 Å². The Morgan fingerprint density at radius 2 is 1.62 bits per heavy atom. The summed E-state index contributed by atoms with van der Waals surface area (Å²) < 4.78 is 10.9. The molecule has 0 aromatic heterocycles. The minimum absolute atomic E-state index is 0.205. The summed E-state index contributed by atoms with van der Waals surface area (Å²) >= 11 is 0. The molecule has 2 aliphatic rings. The van der Waals surface area contributed by atoms with Gasteiger partial charge >= 0.3 is 6.03 Å². The highest BCUT2D eigenvalue weighted by molar-refractivity contribution is 6.17. The molecule has 2 aromatic carbocycles. The first-order chi connectivity index (χ1) is 15.6. The average Bonchev–Trinajstić information content (AvgIpc) is 2.94. The van der Waals surface area contributed by atoms with E-state index in [9.17, 15) is 4.79 Å². The molecule has 168 valence electrons. The molecule has 1 aliphatic carbocycles. The van der Waals surface area contributed by atoms with Crippen LogP contribution in [0.15, 0.2) is 52.4 Å². The van der Waals surface area contributed by atoms with Crippen molar-refractivity contribution < 1.29 is 14.3 Å². The van der Waals surface area contributed by atoms with E-state index in [1.807, 2.05) is 49.4 Å². The van der Waals surface area contributed by atoms with Gasteiger partial charge in [-0.1, -0.05) is 37.5 Å². The number of carbonyl (C=O) groups excluding carboxylic acids is 1. The normalized spacial score (nSPS) is 18.5. The standard InChI is InChI=1S/C25H30N4O3/c1-16-23(17-13-14-21(31-2)22(15-17)32-3)24(28-20-12-8-7-11-19(20)26-16)29-25(30)27-18-9-5-4-6-10-18/h7-8,11-15,18,23H,4-6,9-10H2,1-3H3,(H2,27,28,29,30). The first-order valence-electron chi connectivity index (χ1n) is 11.1. The van der Waals surface area contributed by atoms with Crippen molar-refractivity contribution in [3.8, 4) is 11.5 Å². The predicted molar refractivity (Wildman–Crippen MR) is 127 cm³/mol. The molecule has 7 nitrogen and oxygen atoms in total. The van der Waals surface area contributed by atoms with Crippen LogP contribution in [-0.2, 0) is 0 Å². The number of aliphatic imine (C=N–C) groups is 2. The Labute approximate surface area is 189 Å². The second-order valence-electron chi connectivity index (χ2n) is 8.22. The lowest BCUT2D eigenvalue weighted by atomic mass is 9.92. The summed E-state index contributed by atoms with van der Waals surface area (Å²) in [6, 6.07) is 13.4. The van der Waals surface area contributed by atoms with Crippen molar-refractivity contribution in [2.75, 3.05) is 14.2 Å². The van der Waals surface area contributed by atoms with E-state index < -0.39 is 0 Å². The summed E-state index contributed by atoms with van der Waals surface area (Å²) in [4.78, 5) is 22.6. The van der Waals surface area contributed by atoms with Crippen molar-refractivity contribution in [3.05, 3.63) is 48.0 Å². The highest BCUT2D eigenvalue weighted by Gasteiger charge is 2.28. The number of methoxy groups -OCH3 is 2. The van der Waals surface area contributed by atoms with E-state index in [0.29, 0.717) is 17.3 Å². The van der Waals surface area contributed by atoms with Crippen molar-refractivity contribution >= 4 is 29.0 Å². The lowest BCUT2D eigenvalue weighted by Gasteiger charge is -2.25. The van der Waals surface area contributed by atoms with Crippen LogP contribution in [0.1, 0.15) is 50.5 Å². The Balaban J connectivity index is 1.70. The van der Waals surface area contributed by atoms with E-state index in [1.54, 1.807) is 14.2 Å². The van der Waals surface area contributed by atoms with Crippen molar-refractivity contribution in [2.45, 2.75) is 51.0 Å². The fraction of sp³-hybridized carbons (Fsp3) is 0.400. The molecule has 1 saturated carbocycles. The van der Waals surface area contributed by atoms with Crippen LogP contribution in [0.2, 0.25) is 0 Å². The maximum Gasteiger partial charge on any atom is 0.320 e. The SMILES string of the molecule is COc1ccc(C2C(C)=Nc3ccccc3N=C2NC(=O)NC2CCCCC2)cc1OC. The number of ether oxygens (including phenoxy) is 2. The maximum atomic E-state index is 12.9. The zero-order valence-electron chi connectivity index (χ0n) is 18.9. The van der Waals surface area contributed by atoms with Crippen LogP contribution in [0.25, 0.3) is 0 Å². The molecule has 4 rings (SSSR count). The number of urea groups is 1. The Morgan fingerprint density at radius 1 is 0.938 bits per heavy atom. The fourth-order valence-electron chi connectivity index (χ4n) is 4.42. The quantitative estimate of drug-likeness (QED) is 0.689. The Bertz CT molecular complexity index is 1040. The Hall–Kier alpha value is -3.35. The van der Waals surface area contributed by atoms with Crippen LogP contribution < -0.4 is 20.1 Å². The van der Waals surface area contributed by atoms with Gasteiger partial charge in [0.2, 0.25) is 0 Å². The van der Waals surface area contributed by atoms with E-state index in [4.69, 9.17) is 19.5 Å². The number of para-hydroxylation sites is 2. The smallest absolute Gasteiger partial charge is 0.320 e. The molecule has 2 aromatic rings. The first kappa shape index (κ1) is 21.9. The number of nitrogens with one attached hydrogen (secondary N) is 2. The van der Waals surface area contributed by atoms with Gasteiger partial charge in [-0.05, 0) is 49.6 Å². The second kappa shape index (κ2) is 9.85. The molecule has 2 amide bonds. The van der Waals surface area contributed by atoms with Crippen LogP contribution in [0.4, 0.5) is 16.2 Å². The highest BCUT2D eigenvalue weighted by atomic mass is 16.5. The minimum atomic E-state index is -0.334. The summed E-state index contributed by atoms with van der Waals surface area (Å²) in [6.45, 7) is 1.96. The lowest BCUT2D eigenvalue weighted by molar-refractivity contribution is 0.237. The molecule has 1 aliphatic heterocycles. The van der Waals surface area contributed by atoms with Gasteiger partial charge in [0.25, 0.3) is 0 Å². The largest absolute Gasteiger partial charge is 0.493 e. The Morgan fingerprint density at radius 3 is 2.31 bits per heavy atom. The molecule has 1 atom stereocenters. The molecule has 0 radical (unpaired) electrons. The van der Waals surface area contributed by atoms with Crippen molar-refractivity contribution in [2.24, 2.45) is 9.98 Å². The predicted octanol–water partition coefficient (Wildman–Crippen LogP) is 5.26. The molecular weight excluding hydrogens is 404 g/mol. The lowest BCUT2D eigenvalue weighted by Crippen LogP contribution is -2.47. The summed E-state index contributed by atoms with van der Waals surface area (Å²) in [5, 5.41) is 6.16. The number of carbonyl (C=O) groups is 1. The van der Waals surface area contributed by atoms with E-state index in [0.717, 1.165) is 48.3 Å². The number of nitrogens with zero attached hydrogens (tertiary/aromatic N) is 2. The van der Waals surface area contributed by atoms with Crippen LogP contribution >= 0.6 is 0 Å². The number of benzene rings is 2. The summed E-state index contributed by atoms with van der Waals surface area (Å²) in [5.41, 5.74) is 3.25. The third-order valence-electron chi connectivity index (χ3n) is 6.03. The van der Waals surface area contributed by atoms with E-state index >= 15 is 0 Å². The number of amidine groups is 1. The highest BCUT2D eigenvalue weighted by Crippen LogP contribution is 2.36. The molecule has 1 unspecified atom stereocenters. The number of rotatable bonds is 4. The zero-order chi connectivity index (χ0) is 22.5. The summed E-state index contributed by atoms with van der Waals surface area (Å²) in [5.74, 6) is 1.46. The van der Waals surface area contributed by atoms with Gasteiger partial charge in [0, 0.05) is 11.8 Å². The second-order valence-corrected chi connectivity index (χ2v) is 8.22. The van der Waals surface area contributed by atoms with Gasteiger partial charge < -0.3 is 14.8 Å². The average molecular weight is 435 g/mol. The van der Waals surface area contributed by atoms with Crippen LogP contribution in [0.5, 0.6) is 11.5 Å². The van der Waals surface area contributed by atoms with Crippen LogP contribution in [0, 0.1) is 0 Å². The number of hydrogen-bond donors (Lipinski definition) is 2. The van der Waals surface area contributed by atoms with Gasteiger partial charge in [0.15, 0.2) is 11.5 Å². The van der Waals surface area contributed by atoms with Gasteiger partial charge in [0.05, 0.1) is 31.5 Å². The monoisotopic (exact) mass is 434 g/mol. The minimum Gasteiger partial charge on any atom is -0.493 e. The molecule has 32 heavy (non-hydrogen) atoms. The van der Waals surface area contributed by atoms with Gasteiger partial charge in [-0.25, -0.2) is 9.79 Å². The fourth-order valence-corrected chi connectivity index (χ4v) is 4.42. The van der Waals surface area contributed by atoms with Crippen LogP contribution in [0.3, 0.4) is 0 Å². The molecular formula is C25H30N4O3. The Kier molecular flexibility index (Phi) is 6.73. The molecule has 7 heteroatoms. The van der Waals surface area contributed by atoms with Crippen molar-refractivity contribution in [1.29, 1.82) is 0 Å². The molecule has 1 heterocycles. The molecule has 0 bridgehead atoms. The summed E-state index contributed by atoms with van der Waals surface area (Å²) in [6.07, 6.45) is 5.57. The molecule has 2 N–H and O–H groups in total. The van der Waals surface area contributed by atoms with E-state index in [2.05, 4.69) is 10.6 Å². The summed E-state index contributed by atoms with van der Waals surface area (Å²) in [7, 11) is 3.22. The van der Waals surface area contributed by atoms with Gasteiger partial charge in [-0.2, -0.15) is 0 Å². The molecule has 0 spiro atoms. The topological polar surface area (TPSA) is 84.3 Å². The number of hydrogen-bond acceptors (Lipinski definition) is 5. The van der Waals surface area contributed by atoms with Crippen molar-refractivity contribution in [3.63, 3.8) is 0 Å². The zero-order valence-corrected chi connectivity index (χ0v) is 18.9. The number of amides is 2. The van der Waals surface area contributed by atoms with Gasteiger partial charge in [-0.15, -0.1) is 0 Å². The first-order valence-corrected chi connectivity index (χ1v) is 11.1. The maximum absolute atomic E-state index is 12.9. The van der Waals surface area contributed by atoms with Crippen LogP contribution in [-0.4, -0.2) is 37.8 Å². The van der Waals surface area contributed by atoms with E-state index in [1.165, 1.54) is 6.42 Å². The molecule has 0 saturated heterocycles. The third kappa shape index (κ3) is 4.77. The molecule has 1 fully saturated rings. The van der Waals surface area contributed by atoms with E-state index in [-0.39, 0.29) is 18.0 Å². The number of fused-ring (bicyclic) bond motifs is 1. The van der Waals surface area contributed by atoms with Crippen molar-refractivity contribution in [1.82, 2.24) is 10.6 Å². The third-order valence-corrected chi connectivity index (χ3v) is 6.03.